The molecule has 0 atom stereocenters. The maximum absolute atomic E-state index is 12.9. The molecule has 31 heavy (non-hydrogen) atoms. The number of fused-ring (bicyclic) bond motifs is 1. The lowest BCUT2D eigenvalue weighted by atomic mass is 10.1. The summed E-state index contributed by atoms with van der Waals surface area (Å²) in [5.41, 5.74) is 4.76. The minimum absolute atomic E-state index is 0.313. The normalized spacial score (nSPS) is 15.3. The number of benzene rings is 2. The Morgan fingerprint density at radius 3 is 2.52 bits per heavy atom. The first kappa shape index (κ1) is 20.9. The van der Waals surface area contributed by atoms with Gasteiger partial charge in [-0.1, -0.05) is 37.3 Å². The smallest absolute Gasteiger partial charge is 0.294 e. The van der Waals surface area contributed by atoms with Gasteiger partial charge in [0.15, 0.2) is 0 Å². The third kappa shape index (κ3) is 4.01. The van der Waals surface area contributed by atoms with E-state index < -0.39 is 17.1 Å². The molecule has 6 nitrogen and oxygen atoms in total. The molecule has 158 valence electrons. The van der Waals surface area contributed by atoms with Gasteiger partial charge in [-0.25, -0.2) is 0 Å². The molecule has 1 aliphatic heterocycles. The van der Waals surface area contributed by atoms with E-state index in [9.17, 15) is 14.4 Å². The molecule has 1 saturated heterocycles. The van der Waals surface area contributed by atoms with E-state index in [4.69, 9.17) is 0 Å². The molecule has 0 spiro atoms. The Morgan fingerprint density at radius 2 is 1.81 bits per heavy atom. The number of carbonyl (C=O) groups is 3. The van der Waals surface area contributed by atoms with Crippen LogP contribution in [0.2, 0.25) is 0 Å². The monoisotopic (exact) mass is 433 g/mol. The van der Waals surface area contributed by atoms with Crippen molar-refractivity contribution in [1.82, 2.24) is 9.47 Å². The van der Waals surface area contributed by atoms with E-state index in [1.807, 2.05) is 62.5 Å². The highest BCUT2D eigenvalue weighted by Gasteiger charge is 2.36. The van der Waals surface area contributed by atoms with Crippen LogP contribution in [0.25, 0.3) is 17.0 Å². The number of hydrogen-bond acceptors (Lipinski definition) is 4. The molecule has 0 bridgehead atoms. The Hall–Kier alpha value is -3.32. The second-order valence-corrected chi connectivity index (χ2v) is 8.43. The van der Waals surface area contributed by atoms with Gasteiger partial charge in [-0.05, 0) is 54.9 Å². The molecule has 1 fully saturated rings. The number of para-hydroxylation sites is 1. The molecule has 1 N–H and O–H groups in total. The summed E-state index contributed by atoms with van der Waals surface area (Å²) >= 11 is 0.866. The summed E-state index contributed by atoms with van der Waals surface area (Å²) in [6, 6.07) is 15.4. The molecular weight excluding hydrogens is 410 g/mol. The molecular formula is C24H23N3O3S. The van der Waals surface area contributed by atoms with Gasteiger partial charge < -0.3 is 9.88 Å². The third-order valence-electron chi connectivity index (χ3n) is 5.55. The fourth-order valence-electron chi connectivity index (χ4n) is 3.67. The first-order valence-electron chi connectivity index (χ1n) is 10.1. The minimum atomic E-state index is -0.446. The van der Waals surface area contributed by atoms with Crippen LogP contribution in [0.15, 0.2) is 53.4 Å². The van der Waals surface area contributed by atoms with Gasteiger partial charge in [0, 0.05) is 34.9 Å². The fourth-order valence-corrected chi connectivity index (χ4v) is 4.49. The van der Waals surface area contributed by atoms with Gasteiger partial charge in [-0.3, -0.25) is 19.3 Å². The molecule has 3 aromatic rings. The number of aromatic nitrogens is 1. The molecule has 4 rings (SSSR count). The lowest BCUT2D eigenvalue weighted by molar-refractivity contribution is -0.127. The summed E-state index contributed by atoms with van der Waals surface area (Å²) in [7, 11) is 1.97. The van der Waals surface area contributed by atoms with Crippen LogP contribution in [0.3, 0.4) is 0 Å². The van der Waals surface area contributed by atoms with Gasteiger partial charge in [0.2, 0.25) is 5.91 Å². The summed E-state index contributed by atoms with van der Waals surface area (Å²) in [4.78, 5) is 39.1. The van der Waals surface area contributed by atoms with Gasteiger partial charge in [0.1, 0.15) is 6.54 Å². The lowest BCUT2D eigenvalue weighted by Crippen LogP contribution is -2.36. The predicted octanol–water partition coefficient (Wildman–Crippen LogP) is 4.72. The van der Waals surface area contributed by atoms with Crippen LogP contribution in [0.5, 0.6) is 0 Å². The number of amides is 3. The fraction of sp³-hybridized carbons (Fsp3) is 0.208. The largest absolute Gasteiger partial charge is 0.347 e. The van der Waals surface area contributed by atoms with Crippen molar-refractivity contribution in [3.8, 4) is 0 Å². The van der Waals surface area contributed by atoms with Gasteiger partial charge in [-0.15, -0.1) is 0 Å². The van der Waals surface area contributed by atoms with Crippen molar-refractivity contribution < 1.29 is 14.4 Å². The number of rotatable bonds is 5. The van der Waals surface area contributed by atoms with Crippen molar-refractivity contribution in [2.24, 2.45) is 7.05 Å². The SMILES string of the molecule is CCc1ccc(NC(=O)CN2C(=O)S/C(=C/c3c(C)n(C)c4ccccc34)C2=O)cc1. The van der Waals surface area contributed by atoms with Gasteiger partial charge in [0.05, 0.1) is 4.91 Å². The van der Waals surface area contributed by atoms with Gasteiger partial charge in [0.25, 0.3) is 11.1 Å². The first-order valence-corrected chi connectivity index (χ1v) is 10.9. The Kier molecular flexibility index (Phi) is 5.69. The number of nitrogens with one attached hydrogen (secondary N) is 1. The second-order valence-electron chi connectivity index (χ2n) is 7.44. The zero-order valence-corrected chi connectivity index (χ0v) is 18.5. The van der Waals surface area contributed by atoms with E-state index in [0.717, 1.165) is 50.8 Å². The second kappa shape index (κ2) is 8.43. The average Bonchev–Trinajstić information content (AvgIpc) is 3.17. The lowest BCUT2D eigenvalue weighted by Gasteiger charge is -2.12. The van der Waals surface area contributed by atoms with Crippen molar-refractivity contribution >= 4 is 51.5 Å². The van der Waals surface area contributed by atoms with E-state index in [0.29, 0.717) is 10.6 Å². The predicted molar refractivity (Wildman–Crippen MR) is 125 cm³/mol. The number of nitrogens with zero attached hydrogens (tertiary/aromatic N) is 2. The Morgan fingerprint density at radius 1 is 1.10 bits per heavy atom. The van der Waals surface area contributed by atoms with Crippen LogP contribution in [0.1, 0.15) is 23.7 Å². The van der Waals surface area contributed by atoms with Crippen molar-refractivity contribution in [3.63, 3.8) is 0 Å². The summed E-state index contributed by atoms with van der Waals surface area (Å²) in [6.45, 7) is 3.72. The molecule has 3 amide bonds. The van der Waals surface area contributed by atoms with Crippen LogP contribution in [0, 0.1) is 6.92 Å². The number of imide groups is 1. The van der Waals surface area contributed by atoms with Gasteiger partial charge in [-0.2, -0.15) is 0 Å². The van der Waals surface area contributed by atoms with Crippen LogP contribution < -0.4 is 5.32 Å². The highest BCUT2D eigenvalue weighted by atomic mass is 32.2. The summed E-state index contributed by atoms with van der Waals surface area (Å²) in [5.74, 6) is -0.854. The highest BCUT2D eigenvalue weighted by Crippen LogP contribution is 2.35. The van der Waals surface area contributed by atoms with Crippen LogP contribution in [-0.4, -0.2) is 33.1 Å². The molecule has 2 aromatic carbocycles. The van der Waals surface area contributed by atoms with E-state index in [1.54, 1.807) is 6.08 Å². The highest BCUT2D eigenvalue weighted by molar-refractivity contribution is 8.18. The maximum Gasteiger partial charge on any atom is 0.294 e. The van der Waals surface area contributed by atoms with Crippen molar-refractivity contribution in [2.75, 3.05) is 11.9 Å². The standard InChI is InChI=1S/C24H23N3O3S/c1-4-16-9-11-17(12-10-16)25-22(28)14-27-23(29)21(31-24(27)30)13-19-15(2)26(3)20-8-6-5-7-18(19)20/h5-13H,4,14H2,1-3H3,(H,25,28)/b21-13+. The molecule has 0 aliphatic carbocycles. The van der Waals surface area contributed by atoms with Crippen molar-refractivity contribution in [1.29, 1.82) is 0 Å². The number of anilines is 1. The topological polar surface area (TPSA) is 71.4 Å². The van der Waals surface area contributed by atoms with E-state index in [2.05, 4.69) is 16.8 Å². The molecule has 1 aromatic heterocycles. The van der Waals surface area contributed by atoms with Crippen molar-refractivity contribution in [2.45, 2.75) is 20.3 Å². The Labute approximate surface area is 184 Å². The average molecular weight is 434 g/mol. The maximum atomic E-state index is 12.9. The molecule has 7 heteroatoms. The molecule has 0 unspecified atom stereocenters. The third-order valence-corrected chi connectivity index (χ3v) is 6.45. The summed E-state index contributed by atoms with van der Waals surface area (Å²) < 4.78 is 2.06. The summed E-state index contributed by atoms with van der Waals surface area (Å²) in [6.07, 6.45) is 2.66. The zero-order chi connectivity index (χ0) is 22.1. The Bertz CT molecular complexity index is 1220. The summed E-state index contributed by atoms with van der Waals surface area (Å²) in [5, 5.41) is 3.32. The number of aryl methyl sites for hydroxylation is 2. The van der Waals surface area contributed by atoms with Gasteiger partial charge >= 0.3 is 0 Å². The van der Waals surface area contributed by atoms with E-state index in [-0.39, 0.29) is 6.54 Å². The number of thioether (sulfide) groups is 1. The quantitative estimate of drug-likeness (QED) is 0.591. The van der Waals surface area contributed by atoms with Crippen molar-refractivity contribution in [3.05, 3.63) is 70.3 Å². The van der Waals surface area contributed by atoms with E-state index in [1.165, 1.54) is 0 Å². The van der Waals surface area contributed by atoms with Crippen LogP contribution in [0.4, 0.5) is 10.5 Å². The zero-order valence-electron chi connectivity index (χ0n) is 17.6. The molecule has 2 heterocycles. The number of hydrogen-bond donors (Lipinski definition) is 1. The van der Waals surface area contributed by atoms with Crippen LogP contribution >= 0.6 is 11.8 Å². The Balaban J connectivity index is 1.53. The number of carbonyl (C=O) groups excluding carboxylic acids is 3. The first-order chi connectivity index (χ1) is 14.9. The minimum Gasteiger partial charge on any atom is -0.347 e. The van der Waals surface area contributed by atoms with Crippen LogP contribution in [-0.2, 0) is 23.1 Å². The molecule has 1 aliphatic rings. The molecule has 0 saturated carbocycles. The molecule has 0 radical (unpaired) electrons. The van der Waals surface area contributed by atoms with E-state index >= 15 is 0 Å².